The fraction of sp³-hybridized carbons (Fsp3) is 0.333. The van der Waals surface area contributed by atoms with Gasteiger partial charge in [-0.3, -0.25) is 0 Å². The summed E-state index contributed by atoms with van der Waals surface area (Å²) in [5.41, 5.74) is 0. The third-order valence-electron chi connectivity index (χ3n) is 1.54. The van der Waals surface area contributed by atoms with Crippen molar-refractivity contribution in [1.29, 1.82) is 0 Å². The SMILES string of the molecule is CC(Oc1c[c]ccc1Cl)C(F)(F)F. The molecule has 0 aliphatic heterocycles. The maximum atomic E-state index is 12.1. The zero-order valence-electron chi connectivity index (χ0n) is 7.23. The predicted octanol–water partition coefficient (Wildman–Crippen LogP) is 3.47. The van der Waals surface area contributed by atoms with E-state index >= 15 is 0 Å². The van der Waals surface area contributed by atoms with Gasteiger partial charge in [0.15, 0.2) is 6.10 Å². The highest BCUT2D eigenvalue weighted by molar-refractivity contribution is 6.32. The van der Waals surface area contributed by atoms with E-state index in [0.29, 0.717) is 0 Å². The van der Waals surface area contributed by atoms with E-state index in [1.165, 1.54) is 18.2 Å². The predicted molar refractivity (Wildman–Crippen MR) is 46.4 cm³/mol. The van der Waals surface area contributed by atoms with Gasteiger partial charge < -0.3 is 4.74 Å². The maximum Gasteiger partial charge on any atom is 0.425 e. The summed E-state index contributed by atoms with van der Waals surface area (Å²) in [5, 5.41) is 0.139. The Kier molecular flexibility index (Phi) is 3.26. The highest BCUT2D eigenvalue weighted by atomic mass is 35.5. The van der Waals surface area contributed by atoms with Gasteiger partial charge in [-0.25, -0.2) is 0 Å². The van der Waals surface area contributed by atoms with E-state index < -0.39 is 12.3 Å². The Labute approximate surface area is 84.4 Å². The molecule has 0 heterocycles. The lowest BCUT2D eigenvalue weighted by Crippen LogP contribution is -2.31. The molecule has 0 bridgehead atoms. The van der Waals surface area contributed by atoms with Crippen molar-refractivity contribution in [2.75, 3.05) is 0 Å². The number of ether oxygens (including phenoxy) is 1. The zero-order chi connectivity index (χ0) is 10.8. The van der Waals surface area contributed by atoms with Gasteiger partial charge in [-0.1, -0.05) is 17.7 Å². The van der Waals surface area contributed by atoms with Crippen molar-refractivity contribution in [3.05, 3.63) is 29.3 Å². The van der Waals surface area contributed by atoms with Gasteiger partial charge in [-0.15, -0.1) is 0 Å². The minimum Gasteiger partial charge on any atom is -0.480 e. The van der Waals surface area contributed by atoms with Gasteiger partial charge in [0.05, 0.1) is 5.02 Å². The third-order valence-corrected chi connectivity index (χ3v) is 1.85. The third kappa shape index (κ3) is 2.80. The Balaban J connectivity index is 2.75. The van der Waals surface area contributed by atoms with Crippen molar-refractivity contribution in [1.82, 2.24) is 0 Å². The molecular formula is C9H7ClF3O. The Morgan fingerprint density at radius 2 is 2.14 bits per heavy atom. The van der Waals surface area contributed by atoms with Gasteiger partial charge in [-0.05, 0) is 25.1 Å². The quantitative estimate of drug-likeness (QED) is 0.746. The lowest BCUT2D eigenvalue weighted by atomic mass is 10.3. The van der Waals surface area contributed by atoms with Crippen molar-refractivity contribution in [2.45, 2.75) is 19.2 Å². The Morgan fingerprint density at radius 3 is 2.64 bits per heavy atom. The van der Waals surface area contributed by atoms with Gasteiger partial charge in [0.2, 0.25) is 0 Å². The average Bonchev–Trinajstić information content (AvgIpc) is 2.07. The molecule has 0 saturated carbocycles. The van der Waals surface area contributed by atoms with Crippen LogP contribution in [0.1, 0.15) is 6.92 Å². The molecule has 0 N–H and O–H groups in total. The summed E-state index contributed by atoms with van der Waals surface area (Å²) in [4.78, 5) is 0. The molecule has 0 amide bonds. The second-order valence-electron chi connectivity index (χ2n) is 2.66. The van der Waals surface area contributed by atoms with Crippen molar-refractivity contribution < 1.29 is 17.9 Å². The van der Waals surface area contributed by atoms with Crippen LogP contribution in [-0.4, -0.2) is 12.3 Å². The molecule has 0 spiro atoms. The van der Waals surface area contributed by atoms with E-state index in [0.717, 1.165) is 6.92 Å². The normalized spacial score (nSPS) is 13.8. The molecular weight excluding hydrogens is 217 g/mol. The molecule has 0 aliphatic carbocycles. The fourth-order valence-electron chi connectivity index (χ4n) is 0.744. The summed E-state index contributed by atoms with van der Waals surface area (Å²) in [6.45, 7) is 0.920. The second-order valence-corrected chi connectivity index (χ2v) is 3.07. The molecule has 1 nitrogen and oxygen atoms in total. The molecule has 1 unspecified atom stereocenters. The molecule has 14 heavy (non-hydrogen) atoms. The van der Waals surface area contributed by atoms with Gasteiger partial charge >= 0.3 is 6.18 Å². The van der Waals surface area contributed by atoms with E-state index in [-0.39, 0.29) is 10.8 Å². The summed E-state index contributed by atoms with van der Waals surface area (Å²) in [7, 11) is 0. The molecule has 0 aliphatic rings. The van der Waals surface area contributed by atoms with Crippen molar-refractivity contribution >= 4 is 11.6 Å². The van der Waals surface area contributed by atoms with Crippen LogP contribution in [0, 0.1) is 6.07 Å². The first-order valence-corrected chi connectivity index (χ1v) is 4.18. The molecule has 1 aromatic carbocycles. The van der Waals surface area contributed by atoms with Gasteiger partial charge in [0.25, 0.3) is 0 Å². The molecule has 1 atom stereocenters. The average molecular weight is 224 g/mol. The molecule has 1 rings (SSSR count). The Morgan fingerprint density at radius 1 is 1.50 bits per heavy atom. The van der Waals surface area contributed by atoms with Crippen LogP contribution < -0.4 is 4.74 Å². The van der Waals surface area contributed by atoms with E-state index in [1.54, 1.807) is 0 Å². The fourth-order valence-corrected chi connectivity index (χ4v) is 0.906. The summed E-state index contributed by atoms with van der Waals surface area (Å²) in [6.07, 6.45) is -6.27. The zero-order valence-corrected chi connectivity index (χ0v) is 7.99. The van der Waals surface area contributed by atoms with E-state index in [4.69, 9.17) is 11.6 Å². The summed E-state index contributed by atoms with van der Waals surface area (Å²) in [5.74, 6) is -0.0148. The van der Waals surface area contributed by atoms with Crippen LogP contribution >= 0.6 is 11.6 Å². The van der Waals surface area contributed by atoms with Crippen LogP contribution in [0.3, 0.4) is 0 Å². The summed E-state index contributed by atoms with van der Waals surface area (Å²) >= 11 is 5.61. The topological polar surface area (TPSA) is 9.23 Å². The second kappa shape index (κ2) is 4.09. The lowest BCUT2D eigenvalue weighted by molar-refractivity contribution is -0.189. The number of alkyl halides is 3. The molecule has 0 fully saturated rings. The lowest BCUT2D eigenvalue weighted by Gasteiger charge is -2.17. The van der Waals surface area contributed by atoms with Crippen LogP contribution in [0.25, 0.3) is 0 Å². The molecule has 1 radical (unpaired) electrons. The van der Waals surface area contributed by atoms with E-state index in [1.807, 2.05) is 0 Å². The first-order valence-electron chi connectivity index (χ1n) is 3.80. The minimum atomic E-state index is -4.39. The van der Waals surface area contributed by atoms with Gasteiger partial charge in [-0.2, -0.15) is 13.2 Å². The number of benzene rings is 1. The number of halogens is 4. The monoisotopic (exact) mass is 223 g/mol. The van der Waals surface area contributed by atoms with Gasteiger partial charge in [0.1, 0.15) is 5.75 Å². The van der Waals surface area contributed by atoms with Crippen molar-refractivity contribution in [2.24, 2.45) is 0 Å². The molecule has 0 aromatic heterocycles. The van der Waals surface area contributed by atoms with Crippen LogP contribution in [0.2, 0.25) is 5.02 Å². The van der Waals surface area contributed by atoms with Crippen LogP contribution in [0.15, 0.2) is 18.2 Å². The summed E-state index contributed by atoms with van der Waals surface area (Å²) < 4.78 is 40.9. The van der Waals surface area contributed by atoms with Crippen molar-refractivity contribution in [3.8, 4) is 5.75 Å². The molecule has 77 valence electrons. The Hall–Kier alpha value is -0.900. The van der Waals surface area contributed by atoms with Crippen LogP contribution in [-0.2, 0) is 0 Å². The Bertz CT molecular complexity index is 311. The first kappa shape index (κ1) is 11.2. The van der Waals surface area contributed by atoms with Crippen LogP contribution in [0.4, 0.5) is 13.2 Å². The van der Waals surface area contributed by atoms with E-state index in [2.05, 4.69) is 10.8 Å². The van der Waals surface area contributed by atoms with Gasteiger partial charge in [0, 0.05) is 0 Å². The van der Waals surface area contributed by atoms with Crippen LogP contribution in [0.5, 0.6) is 5.75 Å². The smallest absolute Gasteiger partial charge is 0.425 e. The number of rotatable bonds is 2. The number of hydrogen-bond acceptors (Lipinski definition) is 1. The minimum absolute atomic E-state index is 0.0148. The largest absolute Gasteiger partial charge is 0.480 e. The highest BCUT2D eigenvalue weighted by Gasteiger charge is 2.38. The highest BCUT2D eigenvalue weighted by Crippen LogP contribution is 2.29. The maximum absolute atomic E-state index is 12.1. The molecule has 1 aromatic rings. The molecule has 0 saturated heterocycles. The van der Waals surface area contributed by atoms with Crippen molar-refractivity contribution in [3.63, 3.8) is 0 Å². The first-order chi connectivity index (χ1) is 6.41. The standard InChI is InChI=1S/C9H7ClF3O/c1-6(9(11,12)13)14-8-5-3-2-4-7(8)10/h2,4-6H,1H3. The number of hydrogen-bond donors (Lipinski definition) is 0. The molecule has 5 heteroatoms. The summed E-state index contributed by atoms with van der Waals surface area (Å²) in [6, 6.07) is 6.76. The van der Waals surface area contributed by atoms with E-state index in [9.17, 15) is 13.2 Å².